The molecule has 2 aromatic heterocycles. The lowest BCUT2D eigenvalue weighted by atomic mass is 10.1. The molecule has 1 saturated heterocycles. The highest BCUT2D eigenvalue weighted by molar-refractivity contribution is 5.92. The third kappa shape index (κ3) is 4.40. The molecule has 0 saturated carbocycles. The van der Waals surface area contributed by atoms with Crippen LogP contribution in [0.3, 0.4) is 0 Å². The van der Waals surface area contributed by atoms with Crippen LogP contribution in [0.4, 0.5) is 5.82 Å². The molecular weight excluding hydrogens is 330 g/mol. The number of carbonyl (C=O) groups excluding carboxylic acids is 1. The van der Waals surface area contributed by atoms with Crippen molar-refractivity contribution in [3.8, 4) is 0 Å². The van der Waals surface area contributed by atoms with E-state index in [1.807, 2.05) is 18.3 Å². The SMILES string of the molecule is CC(C)c1cc(C(=O)NCc2ccc(N3C[C@@H](C)O[C@@H](C)C3)nc2)n[nH]1. The lowest BCUT2D eigenvalue weighted by Crippen LogP contribution is -2.45. The zero-order valence-electron chi connectivity index (χ0n) is 15.8. The number of ether oxygens (including phenoxy) is 1. The molecule has 0 bridgehead atoms. The second kappa shape index (κ2) is 7.86. The third-order valence-corrected chi connectivity index (χ3v) is 4.46. The monoisotopic (exact) mass is 357 g/mol. The first kappa shape index (κ1) is 18.4. The second-order valence-electron chi connectivity index (χ2n) is 7.23. The highest BCUT2D eigenvalue weighted by atomic mass is 16.5. The molecule has 2 atom stereocenters. The number of pyridine rings is 1. The topological polar surface area (TPSA) is 83.1 Å². The summed E-state index contributed by atoms with van der Waals surface area (Å²) >= 11 is 0. The Bertz CT molecular complexity index is 731. The Kier molecular flexibility index (Phi) is 5.56. The average molecular weight is 357 g/mol. The first-order valence-corrected chi connectivity index (χ1v) is 9.11. The molecule has 140 valence electrons. The van der Waals surface area contributed by atoms with Crippen LogP contribution in [0.25, 0.3) is 0 Å². The van der Waals surface area contributed by atoms with Gasteiger partial charge in [-0.15, -0.1) is 0 Å². The summed E-state index contributed by atoms with van der Waals surface area (Å²) in [5.41, 5.74) is 2.32. The number of hydrogen-bond donors (Lipinski definition) is 2. The molecule has 0 radical (unpaired) electrons. The minimum atomic E-state index is -0.187. The first-order valence-electron chi connectivity index (χ1n) is 9.11. The number of nitrogens with zero attached hydrogens (tertiary/aromatic N) is 3. The predicted molar refractivity (Wildman–Crippen MR) is 100 cm³/mol. The van der Waals surface area contributed by atoms with Crippen LogP contribution in [0.1, 0.15) is 55.4 Å². The molecule has 3 rings (SSSR count). The Morgan fingerprint density at radius 1 is 1.35 bits per heavy atom. The molecule has 1 fully saturated rings. The van der Waals surface area contributed by atoms with Crippen LogP contribution in [0.2, 0.25) is 0 Å². The molecule has 0 spiro atoms. The summed E-state index contributed by atoms with van der Waals surface area (Å²) in [5, 5.41) is 9.85. The van der Waals surface area contributed by atoms with E-state index in [-0.39, 0.29) is 18.1 Å². The summed E-state index contributed by atoms with van der Waals surface area (Å²) in [5.74, 6) is 1.07. The van der Waals surface area contributed by atoms with E-state index in [4.69, 9.17) is 4.74 Å². The number of anilines is 1. The Hall–Kier alpha value is -2.41. The van der Waals surface area contributed by atoms with Gasteiger partial charge in [-0.3, -0.25) is 9.89 Å². The van der Waals surface area contributed by atoms with E-state index < -0.39 is 0 Å². The van der Waals surface area contributed by atoms with Crippen molar-refractivity contribution in [2.45, 2.75) is 52.4 Å². The fourth-order valence-corrected chi connectivity index (χ4v) is 3.09. The molecule has 0 aliphatic carbocycles. The number of amides is 1. The van der Waals surface area contributed by atoms with Gasteiger partial charge in [-0.25, -0.2) is 4.98 Å². The van der Waals surface area contributed by atoms with Gasteiger partial charge in [-0.2, -0.15) is 5.10 Å². The summed E-state index contributed by atoms with van der Waals surface area (Å²) in [6, 6.07) is 5.79. The van der Waals surface area contributed by atoms with Gasteiger partial charge < -0.3 is 15.0 Å². The number of aromatic amines is 1. The zero-order chi connectivity index (χ0) is 18.7. The van der Waals surface area contributed by atoms with Crippen LogP contribution in [0.5, 0.6) is 0 Å². The quantitative estimate of drug-likeness (QED) is 0.859. The summed E-state index contributed by atoms with van der Waals surface area (Å²) in [6.45, 7) is 10.4. The molecule has 1 aliphatic rings. The van der Waals surface area contributed by atoms with Crippen molar-refractivity contribution in [3.63, 3.8) is 0 Å². The molecule has 26 heavy (non-hydrogen) atoms. The van der Waals surface area contributed by atoms with Crippen molar-refractivity contribution in [2.75, 3.05) is 18.0 Å². The van der Waals surface area contributed by atoms with E-state index in [0.29, 0.717) is 18.2 Å². The Balaban J connectivity index is 1.56. The van der Waals surface area contributed by atoms with E-state index >= 15 is 0 Å². The highest BCUT2D eigenvalue weighted by Gasteiger charge is 2.23. The number of rotatable bonds is 5. The van der Waals surface area contributed by atoms with Crippen molar-refractivity contribution in [2.24, 2.45) is 0 Å². The molecule has 2 N–H and O–H groups in total. The highest BCUT2D eigenvalue weighted by Crippen LogP contribution is 2.18. The maximum Gasteiger partial charge on any atom is 0.272 e. The Morgan fingerprint density at radius 2 is 2.08 bits per heavy atom. The summed E-state index contributed by atoms with van der Waals surface area (Å²) in [4.78, 5) is 19.0. The fraction of sp³-hybridized carbons (Fsp3) is 0.526. The van der Waals surface area contributed by atoms with E-state index in [1.165, 1.54) is 0 Å². The largest absolute Gasteiger partial charge is 0.372 e. The van der Waals surface area contributed by atoms with Crippen LogP contribution < -0.4 is 10.2 Å². The van der Waals surface area contributed by atoms with Crippen molar-refractivity contribution < 1.29 is 9.53 Å². The first-order chi connectivity index (χ1) is 12.4. The van der Waals surface area contributed by atoms with Gasteiger partial charge in [0, 0.05) is 31.5 Å². The predicted octanol–water partition coefficient (Wildman–Crippen LogP) is 2.47. The summed E-state index contributed by atoms with van der Waals surface area (Å²) < 4.78 is 5.76. The number of morpholine rings is 1. The number of nitrogens with one attached hydrogen (secondary N) is 2. The van der Waals surface area contributed by atoms with Gasteiger partial charge in [0.2, 0.25) is 0 Å². The van der Waals surface area contributed by atoms with Crippen molar-refractivity contribution in [1.29, 1.82) is 0 Å². The molecule has 7 heteroatoms. The van der Waals surface area contributed by atoms with Crippen LogP contribution >= 0.6 is 0 Å². The van der Waals surface area contributed by atoms with E-state index in [1.54, 1.807) is 6.07 Å². The summed E-state index contributed by atoms with van der Waals surface area (Å²) in [7, 11) is 0. The normalized spacial score (nSPS) is 20.4. The number of aromatic nitrogens is 3. The molecule has 1 amide bonds. The van der Waals surface area contributed by atoms with Crippen LogP contribution in [0.15, 0.2) is 24.4 Å². The van der Waals surface area contributed by atoms with E-state index in [9.17, 15) is 4.79 Å². The van der Waals surface area contributed by atoms with Gasteiger partial charge in [-0.1, -0.05) is 19.9 Å². The molecule has 0 aromatic carbocycles. The van der Waals surface area contributed by atoms with Gasteiger partial charge in [0.15, 0.2) is 0 Å². The maximum atomic E-state index is 12.2. The Labute approximate surface area is 154 Å². The molecule has 1 aliphatic heterocycles. The van der Waals surface area contributed by atoms with Crippen LogP contribution in [-0.2, 0) is 11.3 Å². The number of hydrogen-bond acceptors (Lipinski definition) is 5. The Morgan fingerprint density at radius 3 is 2.65 bits per heavy atom. The molecular formula is C19H27N5O2. The standard InChI is InChI=1S/C19H27N5O2/c1-12(2)16-7-17(23-22-16)19(25)21-9-15-5-6-18(20-8-15)24-10-13(3)26-14(4)11-24/h5-8,12-14H,9-11H2,1-4H3,(H,21,25)(H,22,23)/t13-,14+. The van der Waals surface area contributed by atoms with Gasteiger partial charge in [0.25, 0.3) is 5.91 Å². The fourth-order valence-electron chi connectivity index (χ4n) is 3.09. The maximum absolute atomic E-state index is 12.2. The van der Waals surface area contributed by atoms with Gasteiger partial charge >= 0.3 is 0 Å². The van der Waals surface area contributed by atoms with Crippen molar-refractivity contribution >= 4 is 11.7 Å². The minimum absolute atomic E-state index is 0.187. The third-order valence-electron chi connectivity index (χ3n) is 4.46. The van der Waals surface area contributed by atoms with E-state index in [0.717, 1.165) is 30.2 Å². The van der Waals surface area contributed by atoms with E-state index in [2.05, 4.69) is 53.1 Å². The molecule has 3 heterocycles. The molecule has 0 unspecified atom stereocenters. The second-order valence-corrected chi connectivity index (χ2v) is 7.23. The lowest BCUT2D eigenvalue weighted by molar-refractivity contribution is -0.00546. The molecule has 7 nitrogen and oxygen atoms in total. The average Bonchev–Trinajstić information content (AvgIpc) is 3.10. The van der Waals surface area contributed by atoms with Crippen LogP contribution in [-0.4, -0.2) is 46.4 Å². The number of H-pyrrole nitrogens is 1. The summed E-state index contributed by atoms with van der Waals surface area (Å²) in [6.07, 6.45) is 2.21. The minimum Gasteiger partial charge on any atom is -0.372 e. The van der Waals surface area contributed by atoms with Gasteiger partial charge in [-0.05, 0) is 37.5 Å². The smallest absolute Gasteiger partial charge is 0.272 e. The zero-order valence-corrected chi connectivity index (χ0v) is 15.8. The van der Waals surface area contributed by atoms with Crippen LogP contribution in [0, 0.1) is 0 Å². The van der Waals surface area contributed by atoms with Gasteiger partial charge in [0.1, 0.15) is 11.5 Å². The van der Waals surface area contributed by atoms with Crippen molar-refractivity contribution in [3.05, 3.63) is 41.3 Å². The number of carbonyl (C=O) groups is 1. The van der Waals surface area contributed by atoms with Crippen molar-refractivity contribution in [1.82, 2.24) is 20.5 Å². The lowest BCUT2D eigenvalue weighted by Gasteiger charge is -2.36. The molecule has 2 aromatic rings. The van der Waals surface area contributed by atoms with Gasteiger partial charge in [0.05, 0.1) is 12.2 Å².